The minimum absolute atomic E-state index is 0.00170. The van der Waals surface area contributed by atoms with E-state index in [0.29, 0.717) is 25.0 Å². The number of carbonyl (C=O) groups is 2. The van der Waals surface area contributed by atoms with E-state index in [9.17, 15) is 9.59 Å². The second kappa shape index (κ2) is 4.31. The van der Waals surface area contributed by atoms with Crippen molar-refractivity contribution in [3.05, 3.63) is 0 Å². The Morgan fingerprint density at radius 1 is 1.35 bits per heavy atom. The Balaban J connectivity index is 2.15. The quantitative estimate of drug-likeness (QED) is 0.748. The van der Waals surface area contributed by atoms with Gasteiger partial charge in [-0.2, -0.15) is 0 Å². The molecule has 2 fully saturated rings. The first kappa shape index (κ1) is 12.4. The van der Waals surface area contributed by atoms with Crippen LogP contribution in [0, 0.1) is 5.41 Å². The van der Waals surface area contributed by atoms with Crippen molar-refractivity contribution in [1.82, 2.24) is 10.2 Å². The van der Waals surface area contributed by atoms with E-state index in [0.717, 1.165) is 12.8 Å². The van der Waals surface area contributed by atoms with Crippen LogP contribution in [0.3, 0.4) is 0 Å². The molecule has 3 unspecified atom stereocenters. The zero-order valence-corrected chi connectivity index (χ0v) is 11.0. The molecule has 0 radical (unpaired) electrons. The van der Waals surface area contributed by atoms with Gasteiger partial charge in [-0.25, -0.2) is 0 Å². The van der Waals surface area contributed by atoms with E-state index < -0.39 is 5.41 Å². The third-order valence-electron chi connectivity index (χ3n) is 4.17. The fourth-order valence-corrected chi connectivity index (χ4v) is 3.06. The summed E-state index contributed by atoms with van der Waals surface area (Å²) in [5.41, 5.74) is -0.531. The standard InChI is InChI=1S/C13H22N2O2/c1-9-5-4-6-10(2)15(9)12(17)13(3)7-11(16)14-8-13/h9-10H,4-8H2,1-3H3,(H,14,16). The highest BCUT2D eigenvalue weighted by atomic mass is 16.2. The molecule has 0 aromatic carbocycles. The van der Waals surface area contributed by atoms with Crippen LogP contribution in [0.2, 0.25) is 0 Å². The highest BCUT2D eigenvalue weighted by Gasteiger charge is 2.45. The van der Waals surface area contributed by atoms with Gasteiger partial charge in [-0.15, -0.1) is 0 Å². The average Bonchev–Trinajstić information content (AvgIpc) is 2.59. The molecule has 2 heterocycles. The van der Waals surface area contributed by atoms with Gasteiger partial charge in [0.15, 0.2) is 0 Å². The lowest BCUT2D eigenvalue weighted by molar-refractivity contribution is -0.147. The Hall–Kier alpha value is -1.06. The van der Waals surface area contributed by atoms with Gasteiger partial charge >= 0.3 is 0 Å². The molecule has 2 aliphatic heterocycles. The third-order valence-corrected chi connectivity index (χ3v) is 4.17. The number of hydrogen-bond donors (Lipinski definition) is 1. The maximum atomic E-state index is 12.6. The van der Waals surface area contributed by atoms with Gasteiger partial charge in [0.2, 0.25) is 11.8 Å². The number of nitrogens with one attached hydrogen (secondary N) is 1. The SMILES string of the molecule is CC1CCCC(C)N1C(=O)C1(C)CNC(=O)C1. The number of carbonyl (C=O) groups excluding carboxylic acids is 2. The van der Waals surface area contributed by atoms with Crippen LogP contribution in [0.4, 0.5) is 0 Å². The first-order chi connectivity index (χ1) is 7.94. The van der Waals surface area contributed by atoms with Crippen molar-refractivity contribution in [2.45, 2.75) is 58.5 Å². The number of piperidine rings is 1. The molecule has 2 amide bonds. The van der Waals surface area contributed by atoms with Gasteiger partial charge in [-0.1, -0.05) is 0 Å². The van der Waals surface area contributed by atoms with Gasteiger partial charge in [0, 0.05) is 25.0 Å². The van der Waals surface area contributed by atoms with E-state index in [2.05, 4.69) is 19.2 Å². The fourth-order valence-electron chi connectivity index (χ4n) is 3.06. The van der Waals surface area contributed by atoms with Crippen LogP contribution < -0.4 is 5.32 Å². The fraction of sp³-hybridized carbons (Fsp3) is 0.846. The summed E-state index contributed by atoms with van der Waals surface area (Å²) in [6.07, 6.45) is 3.68. The lowest BCUT2D eigenvalue weighted by Crippen LogP contribution is -2.53. The first-order valence-corrected chi connectivity index (χ1v) is 6.53. The van der Waals surface area contributed by atoms with Gasteiger partial charge in [0.25, 0.3) is 0 Å². The van der Waals surface area contributed by atoms with Crippen molar-refractivity contribution in [3.8, 4) is 0 Å². The maximum absolute atomic E-state index is 12.6. The number of likely N-dealkylation sites (tertiary alicyclic amines) is 1. The van der Waals surface area contributed by atoms with Crippen LogP contribution in [0.5, 0.6) is 0 Å². The van der Waals surface area contributed by atoms with Crippen molar-refractivity contribution in [3.63, 3.8) is 0 Å². The van der Waals surface area contributed by atoms with Crippen LogP contribution in [0.25, 0.3) is 0 Å². The van der Waals surface area contributed by atoms with Crippen molar-refractivity contribution in [1.29, 1.82) is 0 Å². The molecule has 1 N–H and O–H groups in total. The van der Waals surface area contributed by atoms with Crippen LogP contribution in [-0.4, -0.2) is 35.3 Å². The summed E-state index contributed by atoms with van der Waals surface area (Å²) in [7, 11) is 0. The second-order valence-electron chi connectivity index (χ2n) is 5.86. The minimum Gasteiger partial charge on any atom is -0.355 e. The molecule has 0 bridgehead atoms. The molecule has 2 rings (SSSR count). The zero-order valence-electron chi connectivity index (χ0n) is 11.0. The molecule has 0 saturated carbocycles. The lowest BCUT2D eigenvalue weighted by Gasteiger charge is -2.42. The average molecular weight is 238 g/mol. The van der Waals surface area contributed by atoms with Gasteiger partial charge in [-0.3, -0.25) is 9.59 Å². The van der Waals surface area contributed by atoms with Crippen molar-refractivity contribution >= 4 is 11.8 Å². The first-order valence-electron chi connectivity index (χ1n) is 6.53. The maximum Gasteiger partial charge on any atom is 0.231 e. The summed E-state index contributed by atoms with van der Waals surface area (Å²) in [6.45, 7) is 6.62. The summed E-state index contributed by atoms with van der Waals surface area (Å²) < 4.78 is 0. The third kappa shape index (κ3) is 2.17. The minimum atomic E-state index is -0.531. The lowest BCUT2D eigenvalue weighted by atomic mass is 9.85. The Kier molecular flexibility index (Phi) is 3.15. The van der Waals surface area contributed by atoms with E-state index in [4.69, 9.17) is 0 Å². The van der Waals surface area contributed by atoms with Gasteiger partial charge in [-0.05, 0) is 40.0 Å². The second-order valence-corrected chi connectivity index (χ2v) is 5.86. The normalized spacial score (nSPS) is 38.1. The van der Waals surface area contributed by atoms with Crippen molar-refractivity contribution in [2.24, 2.45) is 5.41 Å². The Bertz CT molecular complexity index is 332. The highest BCUT2D eigenvalue weighted by Crippen LogP contribution is 2.33. The molecule has 2 aliphatic rings. The molecule has 0 spiro atoms. The van der Waals surface area contributed by atoms with E-state index in [1.165, 1.54) is 6.42 Å². The monoisotopic (exact) mass is 238 g/mol. The molecule has 3 atom stereocenters. The molecular formula is C13H22N2O2. The highest BCUT2D eigenvalue weighted by molar-refractivity contribution is 5.92. The summed E-state index contributed by atoms with van der Waals surface area (Å²) >= 11 is 0. The predicted molar refractivity (Wildman–Crippen MR) is 65.4 cm³/mol. The summed E-state index contributed by atoms with van der Waals surface area (Å²) in [5.74, 6) is 0.147. The van der Waals surface area contributed by atoms with Crippen molar-refractivity contribution < 1.29 is 9.59 Å². The molecule has 0 aliphatic carbocycles. The Morgan fingerprint density at radius 3 is 2.41 bits per heavy atom. The van der Waals surface area contributed by atoms with E-state index in [1.54, 1.807) is 0 Å². The zero-order chi connectivity index (χ0) is 12.6. The molecule has 4 nitrogen and oxygen atoms in total. The summed E-state index contributed by atoms with van der Waals surface area (Å²) in [5, 5.41) is 2.77. The van der Waals surface area contributed by atoms with Crippen LogP contribution in [0.15, 0.2) is 0 Å². The molecule has 96 valence electrons. The van der Waals surface area contributed by atoms with E-state index in [1.807, 2.05) is 11.8 Å². The molecule has 0 aromatic heterocycles. The Morgan fingerprint density at radius 2 is 1.94 bits per heavy atom. The number of nitrogens with zero attached hydrogens (tertiary/aromatic N) is 1. The van der Waals surface area contributed by atoms with Crippen molar-refractivity contribution in [2.75, 3.05) is 6.54 Å². The van der Waals surface area contributed by atoms with E-state index in [-0.39, 0.29) is 11.8 Å². The summed E-state index contributed by atoms with van der Waals surface area (Å²) in [4.78, 5) is 26.0. The van der Waals surface area contributed by atoms with Gasteiger partial charge in [0.1, 0.15) is 0 Å². The van der Waals surface area contributed by atoms with Gasteiger partial charge in [0.05, 0.1) is 5.41 Å². The smallest absolute Gasteiger partial charge is 0.231 e. The topological polar surface area (TPSA) is 49.4 Å². The molecular weight excluding hydrogens is 216 g/mol. The number of amides is 2. The molecule has 4 heteroatoms. The molecule has 2 saturated heterocycles. The van der Waals surface area contributed by atoms with Gasteiger partial charge < -0.3 is 10.2 Å². The largest absolute Gasteiger partial charge is 0.355 e. The predicted octanol–water partition coefficient (Wildman–Crippen LogP) is 1.30. The molecule has 0 aromatic rings. The number of rotatable bonds is 1. The number of hydrogen-bond acceptors (Lipinski definition) is 2. The van der Waals surface area contributed by atoms with Crippen LogP contribution in [-0.2, 0) is 9.59 Å². The Labute approximate surface area is 103 Å². The van der Waals surface area contributed by atoms with E-state index >= 15 is 0 Å². The van der Waals surface area contributed by atoms with Crippen LogP contribution >= 0.6 is 0 Å². The summed E-state index contributed by atoms with van der Waals surface area (Å²) in [6, 6.07) is 0.609. The molecule has 17 heavy (non-hydrogen) atoms. The van der Waals surface area contributed by atoms with Crippen LogP contribution in [0.1, 0.15) is 46.5 Å².